The number of carbonyl (C=O) groups excluding carboxylic acids is 1. The molecule has 1 unspecified atom stereocenters. The monoisotopic (exact) mass is 498 g/mol. The molecule has 2 aromatic rings. The molecule has 190 valence electrons. The first-order chi connectivity index (χ1) is 16.6. The average Bonchev–Trinajstić information content (AvgIpc) is 2.78. The molecule has 3 rings (SSSR count). The van der Waals surface area contributed by atoms with Crippen molar-refractivity contribution in [2.75, 3.05) is 20.4 Å². The summed E-state index contributed by atoms with van der Waals surface area (Å²) in [5, 5.41) is 0. The summed E-state index contributed by atoms with van der Waals surface area (Å²) < 4.78 is 13.1. The quantitative estimate of drug-likeness (QED) is 0.254. The minimum atomic E-state index is -0.248. The van der Waals surface area contributed by atoms with Gasteiger partial charge in [0.15, 0.2) is 0 Å². The maximum absolute atomic E-state index is 13.1. The van der Waals surface area contributed by atoms with Crippen molar-refractivity contribution in [3.8, 4) is 0 Å². The van der Waals surface area contributed by atoms with Crippen LogP contribution in [0.15, 0.2) is 58.8 Å². The topological polar surface area (TPSA) is 98.4 Å². The number of benzene rings is 2. The lowest BCUT2D eigenvalue weighted by atomic mass is 9.73. The van der Waals surface area contributed by atoms with E-state index >= 15 is 0 Å². The van der Waals surface area contributed by atoms with Gasteiger partial charge in [0.1, 0.15) is 12.1 Å². The predicted octanol–water partition coefficient (Wildman–Crippen LogP) is 5.46. The number of hydrogen-bond acceptors (Lipinski definition) is 6. The molecule has 0 aliphatic heterocycles. The first-order valence-electron chi connectivity index (χ1n) is 11.8. The summed E-state index contributed by atoms with van der Waals surface area (Å²) in [5.74, 6) is 0.977. The van der Waals surface area contributed by atoms with E-state index in [0.717, 1.165) is 29.5 Å². The van der Waals surface area contributed by atoms with Crippen LogP contribution < -0.4 is 17.2 Å². The standard InChI is InChI=1S/C15H24N4S.C13H15FO/c1-10(15(17)18)7-14(16)13-8-12(20-4)6-5-11(13)9-19(2)3;1-9(10-3-2-4-10)13-7-12(14)6-5-11(13)8-15/h5-8H,9,16-18H2,1-4H3;5-10H,2-4H2,1H3/b14-7-;. The van der Waals surface area contributed by atoms with Crippen molar-refractivity contribution < 1.29 is 9.18 Å². The summed E-state index contributed by atoms with van der Waals surface area (Å²) in [6.45, 7) is 4.78. The van der Waals surface area contributed by atoms with Crippen LogP contribution in [0.5, 0.6) is 0 Å². The van der Waals surface area contributed by atoms with Crippen molar-refractivity contribution in [1.82, 2.24) is 4.90 Å². The third-order valence-corrected chi connectivity index (χ3v) is 7.19. The van der Waals surface area contributed by atoms with Crippen LogP contribution in [0.1, 0.15) is 66.1 Å². The molecule has 0 amide bonds. The van der Waals surface area contributed by atoms with Crippen LogP contribution >= 0.6 is 11.8 Å². The van der Waals surface area contributed by atoms with Gasteiger partial charge in [-0.1, -0.05) is 19.4 Å². The summed E-state index contributed by atoms with van der Waals surface area (Å²) in [7, 11) is 4.07. The summed E-state index contributed by atoms with van der Waals surface area (Å²) >= 11 is 1.70. The van der Waals surface area contributed by atoms with Crippen LogP contribution in [-0.4, -0.2) is 31.5 Å². The Balaban J connectivity index is 0.000000256. The average molecular weight is 499 g/mol. The maximum atomic E-state index is 13.1. The van der Waals surface area contributed by atoms with Gasteiger partial charge in [0.2, 0.25) is 0 Å². The van der Waals surface area contributed by atoms with Gasteiger partial charge in [-0.25, -0.2) is 4.39 Å². The molecule has 0 bridgehead atoms. The smallest absolute Gasteiger partial charge is 0.150 e. The molecule has 1 atom stereocenters. The second kappa shape index (κ2) is 13.4. The zero-order valence-corrected chi connectivity index (χ0v) is 22.3. The molecule has 1 aliphatic rings. The van der Waals surface area contributed by atoms with E-state index < -0.39 is 0 Å². The van der Waals surface area contributed by atoms with Gasteiger partial charge in [-0.05, 0) is 105 Å². The van der Waals surface area contributed by atoms with Gasteiger partial charge >= 0.3 is 0 Å². The number of nitrogens with two attached hydrogens (primary N) is 3. The molecule has 1 aliphatic carbocycles. The summed E-state index contributed by atoms with van der Waals surface area (Å²) in [4.78, 5) is 14.1. The van der Waals surface area contributed by atoms with Crippen molar-refractivity contribution in [2.24, 2.45) is 23.1 Å². The normalized spacial score (nSPS) is 14.5. The van der Waals surface area contributed by atoms with Crippen molar-refractivity contribution in [2.45, 2.75) is 50.5 Å². The lowest BCUT2D eigenvalue weighted by Gasteiger charge is -2.32. The number of aldehydes is 1. The predicted molar refractivity (Wildman–Crippen MR) is 146 cm³/mol. The molecule has 0 spiro atoms. The van der Waals surface area contributed by atoms with E-state index in [9.17, 15) is 9.18 Å². The minimum absolute atomic E-state index is 0.248. The van der Waals surface area contributed by atoms with Gasteiger partial charge in [0, 0.05) is 28.3 Å². The Hall–Kier alpha value is -2.77. The SMILES string of the molecule is CC(c1cc(F)ccc1C=O)C1CCC1.CSc1ccc(CN(C)C)c(/C(N)=C/C(C)=C(N)N)c1. The van der Waals surface area contributed by atoms with Crippen LogP contribution in [0, 0.1) is 11.7 Å². The summed E-state index contributed by atoms with van der Waals surface area (Å²) in [5.41, 5.74) is 22.6. The van der Waals surface area contributed by atoms with E-state index in [1.807, 2.05) is 33.4 Å². The van der Waals surface area contributed by atoms with Crippen LogP contribution in [0.2, 0.25) is 0 Å². The van der Waals surface area contributed by atoms with E-state index in [-0.39, 0.29) is 5.82 Å². The molecule has 0 radical (unpaired) electrons. The fraction of sp³-hybridized carbons (Fsp3) is 0.393. The van der Waals surface area contributed by atoms with E-state index in [4.69, 9.17) is 17.2 Å². The first kappa shape index (κ1) is 28.5. The number of allylic oxidation sites excluding steroid dienone is 2. The Morgan fingerprint density at radius 2 is 1.86 bits per heavy atom. The fourth-order valence-electron chi connectivity index (χ4n) is 4.07. The van der Waals surface area contributed by atoms with Gasteiger partial charge in [0.05, 0.1) is 5.82 Å². The third kappa shape index (κ3) is 8.15. The van der Waals surface area contributed by atoms with E-state index in [1.54, 1.807) is 17.8 Å². The number of rotatable bonds is 8. The molecule has 35 heavy (non-hydrogen) atoms. The Morgan fingerprint density at radius 1 is 1.17 bits per heavy atom. The second-order valence-electron chi connectivity index (χ2n) is 9.37. The van der Waals surface area contributed by atoms with Crippen LogP contribution in [0.4, 0.5) is 4.39 Å². The maximum Gasteiger partial charge on any atom is 0.150 e. The molecule has 0 heterocycles. The minimum Gasteiger partial charge on any atom is -0.398 e. The van der Waals surface area contributed by atoms with Gasteiger partial charge in [0.25, 0.3) is 0 Å². The molecule has 7 heteroatoms. The Kier molecular flexibility index (Phi) is 10.9. The van der Waals surface area contributed by atoms with Gasteiger partial charge in [-0.3, -0.25) is 4.79 Å². The van der Waals surface area contributed by atoms with Gasteiger partial charge in [-0.15, -0.1) is 11.8 Å². The van der Waals surface area contributed by atoms with Crippen LogP contribution in [-0.2, 0) is 6.54 Å². The number of carbonyl (C=O) groups is 1. The summed E-state index contributed by atoms with van der Waals surface area (Å²) in [6, 6.07) is 10.8. The lowest BCUT2D eigenvalue weighted by molar-refractivity contribution is 0.112. The second-order valence-corrected chi connectivity index (χ2v) is 10.2. The zero-order valence-electron chi connectivity index (χ0n) is 21.5. The highest BCUT2D eigenvalue weighted by Gasteiger charge is 2.26. The Labute approximate surface area is 213 Å². The molecule has 0 aromatic heterocycles. The van der Waals surface area contributed by atoms with Crippen LogP contribution in [0.3, 0.4) is 0 Å². The van der Waals surface area contributed by atoms with Gasteiger partial charge < -0.3 is 22.1 Å². The van der Waals surface area contributed by atoms with Crippen molar-refractivity contribution in [3.63, 3.8) is 0 Å². The Morgan fingerprint density at radius 3 is 2.37 bits per heavy atom. The molecule has 5 nitrogen and oxygen atoms in total. The highest BCUT2D eigenvalue weighted by Crippen LogP contribution is 2.39. The molecule has 0 saturated heterocycles. The largest absolute Gasteiger partial charge is 0.398 e. The number of nitrogens with zero attached hydrogens (tertiary/aromatic N) is 1. The van der Waals surface area contributed by atoms with Crippen molar-refractivity contribution in [1.29, 1.82) is 0 Å². The molecule has 6 N–H and O–H groups in total. The lowest BCUT2D eigenvalue weighted by Crippen LogP contribution is -2.19. The molecule has 1 fully saturated rings. The fourth-order valence-corrected chi connectivity index (χ4v) is 4.51. The highest BCUT2D eigenvalue weighted by atomic mass is 32.2. The van der Waals surface area contributed by atoms with Crippen molar-refractivity contribution in [3.05, 3.63) is 81.9 Å². The number of hydrogen-bond donors (Lipinski definition) is 3. The van der Waals surface area contributed by atoms with E-state index in [2.05, 4.69) is 30.0 Å². The van der Waals surface area contributed by atoms with Crippen molar-refractivity contribution >= 4 is 23.7 Å². The molecule has 1 saturated carbocycles. The number of halogens is 1. The third-order valence-electron chi connectivity index (χ3n) is 6.47. The number of thioether (sulfide) groups is 1. The highest BCUT2D eigenvalue weighted by molar-refractivity contribution is 7.98. The summed E-state index contributed by atoms with van der Waals surface area (Å²) in [6.07, 6.45) is 8.37. The van der Waals surface area contributed by atoms with Gasteiger partial charge in [-0.2, -0.15) is 0 Å². The molecule has 2 aromatic carbocycles. The molecular formula is C28H39FN4OS. The van der Waals surface area contributed by atoms with E-state index in [0.29, 0.717) is 28.9 Å². The zero-order chi connectivity index (χ0) is 26.1. The first-order valence-corrected chi connectivity index (χ1v) is 13.0. The van der Waals surface area contributed by atoms with Crippen LogP contribution in [0.25, 0.3) is 5.70 Å². The molecular weight excluding hydrogens is 459 g/mol. The Bertz CT molecular complexity index is 1070. The van der Waals surface area contributed by atoms with E-state index in [1.165, 1.54) is 41.9 Å².